The third kappa shape index (κ3) is 3.68. The summed E-state index contributed by atoms with van der Waals surface area (Å²) in [7, 11) is 0. The average molecular weight is 321 g/mol. The van der Waals surface area contributed by atoms with Crippen LogP contribution in [0.25, 0.3) is 10.9 Å². The lowest BCUT2D eigenvalue weighted by atomic mass is 10.1. The highest BCUT2D eigenvalue weighted by molar-refractivity contribution is 5.89. The number of benzene rings is 1. The minimum atomic E-state index is 0.211. The molecule has 1 unspecified atom stereocenters. The molecule has 2 heterocycles. The normalized spacial score (nSPS) is 12.3. The van der Waals surface area contributed by atoms with Gasteiger partial charge in [-0.3, -0.25) is 4.98 Å². The first kappa shape index (κ1) is 16.3. The van der Waals surface area contributed by atoms with Gasteiger partial charge < -0.3 is 11.1 Å². The maximum Gasteiger partial charge on any atom is 0.137 e. The molecule has 0 amide bonds. The summed E-state index contributed by atoms with van der Waals surface area (Å²) in [6, 6.07) is 12.3. The number of pyridine rings is 1. The van der Waals surface area contributed by atoms with Crippen molar-refractivity contribution in [1.82, 2.24) is 15.0 Å². The number of hydrogen-bond donors (Lipinski definition) is 2. The Hall–Kier alpha value is -2.53. The van der Waals surface area contributed by atoms with Crippen molar-refractivity contribution in [3.05, 3.63) is 59.7 Å². The zero-order valence-corrected chi connectivity index (χ0v) is 14.2. The van der Waals surface area contributed by atoms with Gasteiger partial charge in [-0.2, -0.15) is 0 Å². The van der Waals surface area contributed by atoms with E-state index in [0.717, 1.165) is 34.7 Å². The molecule has 2 aromatic heterocycles. The molecule has 124 valence electrons. The van der Waals surface area contributed by atoms with Crippen LogP contribution in [0, 0.1) is 6.92 Å². The van der Waals surface area contributed by atoms with Crippen molar-refractivity contribution in [2.75, 3.05) is 11.9 Å². The van der Waals surface area contributed by atoms with Crippen LogP contribution in [-0.2, 0) is 12.8 Å². The van der Waals surface area contributed by atoms with E-state index in [0.29, 0.717) is 13.0 Å². The molecule has 0 aliphatic rings. The number of para-hydroxylation sites is 1. The predicted octanol–water partition coefficient (Wildman–Crippen LogP) is 2.88. The zero-order valence-electron chi connectivity index (χ0n) is 14.2. The molecular formula is C19H23N5. The van der Waals surface area contributed by atoms with Gasteiger partial charge in [-0.25, -0.2) is 9.97 Å². The van der Waals surface area contributed by atoms with E-state index in [4.69, 9.17) is 5.73 Å². The second kappa shape index (κ2) is 7.36. The van der Waals surface area contributed by atoms with E-state index in [2.05, 4.69) is 40.2 Å². The number of nitrogens with one attached hydrogen (secondary N) is 1. The third-order valence-electron chi connectivity index (χ3n) is 4.02. The minimum absolute atomic E-state index is 0.211. The van der Waals surface area contributed by atoms with Gasteiger partial charge in [0.2, 0.25) is 0 Å². The van der Waals surface area contributed by atoms with Gasteiger partial charge in [-0.05, 0) is 44.2 Å². The summed E-state index contributed by atoms with van der Waals surface area (Å²) in [5.41, 5.74) is 8.93. The van der Waals surface area contributed by atoms with Crippen molar-refractivity contribution in [2.24, 2.45) is 5.73 Å². The van der Waals surface area contributed by atoms with Crippen molar-refractivity contribution in [2.45, 2.75) is 32.7 Å². The maximum atomic E-state index is 5.67. The van der Waals surface area contributed by atoms with Crippen molar-refractivity contribution < 1.29 is 0 Å². The van der Waals surface area contributed by atoms with Crippen molar-refractivity contribution in [3.63, 3.8) is 0 Å². The molecular weight excluding hydrogens is 298 g/mol. The number of nitrogens with zero attached hydrogens (tertiary/aromatic N) is 3. The van der Waals surface area contributed by atoms with E-state index in [1.165, 1.54) is 5.56 Å². The summed E-state index contributed by atoms with van der Waals surface area (Å²) in [6.07, 6.45) is 3.36. The molecule has 0 bridgehead atoms. The Morgan fingerprint density at radius 3 is 2.75 bits per heavy atom. The standard InChI is InChI=1S/C19H23N5/c1-13-6-5-11-21-17(13)12-14(2)22-19-15-7-3-4-8-16(15)23-18(24-19)9-10-20/h3-8,11,14H,9-10,12,20H2,1-2H3,(H,22,23,24). The predicted molar refractivity (Wildman–Crippen MR) is 98.1 cm³/mol. The molecule has 5 nitrogen and oxygen atoms in total. The van der Waals surface area contributed by atoms with Crippen LogP contribution < -0.4 is 11.1 Å². The molecule has 3 N–H and O–H groups in total. The Balaban J connectivity index is 1.87. The second-order valence-electron chi connectivity index (χ2n) is 6.06. The molecule has 0 fully saturated rings. The molecule has 0 radical (unpaired) electrons. The Morgan fingerprint density at radius 2 is 1.96 bits per heavy atom. The van der Waals surface area contributed by atoms with Gasteiger partial charge in [-0.1, -0.05) is 18.2 Å². The van der Waals surface area contributed by atoms with Crippen molar-refractivity contribution in [1.29, 1.82) is 0 Å². The maximum absolute atomic E-state index is 5.67. The Bertz CT molecular complexity index is 831. The van der Waals surface area contributed by atoms with Gasteiger partial charge in [0.1, 0.15) is 11.6 Å². The summed E-state index contributed by atoms with van der Waals surface area (Å²) in [4.78, 5) is 13.7. The minimum Gasteiger partial charge on any atom is -0.367 e. The van der Waals surface area contributed by atoms with E-state index in [9.17, 15) is 0 Å². The number of aromatic nitrogens is 3. The highest BCUT2D eigenvalue weighted by Crippen LogP contribution is 2.21. The smallest absolute Gasteiger partial charge is 0.137 e. The first-order valence-corrected chi connectivity index (χ1v) is 8.30. The zero-order chi connectivity index (χ0) is 16.9. The summed E-state index contributed by atoms with van der Waals surface area (Å²) < 4.78 is 0. The molecule has 0 aliphatic heterocycles. The molecule has 3 aromatic rings. The molecule has 0 saturated heterocycles. The number of anilines is 1. The summed E-state index contributed by atoms with van der Waals surface area (Å²) in [5.74, 6) is 1.64. The Kier molecular flexibility index (Phi) is 5.01. The summed E-state index contributed by atoms with van der Waals surface area (Å²) >= 11 is 0. The molecule has 1 aromatic carbocycles. The summed E-state index contributed by atoms with van der Waals surface area (Å²) in [6.45, 7) is 4.78. The van der Waals surface area contributed by atoms with Crippen LogP contribution in [0.2, 0.25) is 0 Å². The van der Waals surface area contributed by atoms with E-state index in [1.807, 2.05) is 36.5 Å². The Labute approximate surface area is 142 Å². The van der Waals surface area contributed by atoms with Crippen LogP contribution in [0.3, 0.4) is 0 Å². The fourth-order valence-corrected chi connectivity index (χ4v) is 2.78. The van der Waals surface area contributed by atoms with E-state index < -0.39 is 0 Å². The van der Waals surface area contributed by atoms with Gasteiger partial charge in [0.15, 0.2) is 0 Å². The number of aryl methyl sites for hydroxylation is 1. The number of rotatable bonds is 6. The molecule has 0 spiro atoms. The monoisotopic (exact) mass is 321 g/mol. The number of hydrogen-bond acceptors (Lipinski definition) is 5. The molecule has 3 rings (SSSR count). The molecule has 0 saturated carbocycles. The van der Waals surface area contributed by atoms with Gasteiger partial charge in [0.25, 0.3) is 0 Å². The van der Waals surface area contributed by atoms with Crippen LogP contribution in [0.5, 0.6) is 0 Å². The third-order valence-corrected chi connectivity index (χ3v) is 4.02. The van der Waals surface area contributed by atoms with Crippen LogP contribution in [0.1, 0.15) is 24.0 Å². The SMILES string of the molecule is Cc1cccnc1CC(C)Nc1nc(CCN)nc2ccccc12. The first-order valence-electron chi connectivity index (χ1n) is 8.30. The lowest BCUT2D eigenvalue weighted by Crippen LogP contribution is -2.21. The lowest BCUT2D eigenvalue weighted by Gasteiger charge is -2.17. The van der Waals surface area contributed by atoms with E-state index in [1.54, 1.807) is 0 Å². The second-order valence-corrected chi connectivity index (χ2v) is 6.06. The van der Waals surface area contributed by atoms with Crippen LogP contribution in [0.4, 0.5) is 5.82 Å². The molecule has 0 aliphatic carbocycles. The fraction of sp³-hybridized carbons (Fsp3) is 0.316. The van der Waals surface area contributed by atoms with Crippen molar-refractivity contribution in [3.8, 4) is 0 Å². The van der Waals surface area contributed by atoms with Crippen molar-refractivity contribution >= 4 is 16.7 Å². The van der Waals surface area contributed by atoms with E-state index >= 15 is 0 Å². The van der Waals surface area contributed by atoms with Gasteiger partial charge in [0, 0.05) is 36.2 Å². The molecule has 5 heteroatoms. The fourth-order valence-electron chi connectivity index (χ4n) is 2.78. The molecule has 24 heavy (non-hydrogen) atoms. The summed E-state index contributed by atoms with van der Waals surface area (Å²) in [5, 5.41) is 4.56. The van der Waals surface area contributed by atoms with Gasteiger partial charge in [0.05, 0.1) is 5.52 Å². The topological polar surface area (TPSA) is 76.7 Å². The van der Waals surface area contributed by atoms with Gasteiger partial charge in [-0.15, -0.1) is 0 Å². The number of nitrogens with two attached hydrogens (primary N) is 1. The van der Waals surface area contributed by atoms with Gasteiger partial charge >= 0.3 is 0 Å². The molecule has 1 atom stereocenters. The van der Waals surface area contributed by atoms with Crippen LogP contribution in [-0.4, -0.2) is 27.5 Å². The first-order chi connectivity index (χ1) is 11.7. The van der Waals surface area contributed by atoms with E-state index in [-0.39, 0.29) is 6.04 Å². The highest BCUT2D eigenvalue weighted by Gasteiger charge is 2.12. The average Bonchev–Trinajstić information content (AvgIpc) is 2.57. The van der Waals surface area contributed by atoms with Crippen LogP contribution in [0.15, 0.2) is 42.6 Å². The lowest BCUT2D eigenvalue weighted by molar-refractivity contribution is 0.757. The quantitative estimate of drug-likeness (QED) is 0.730. The van der Waals surface area contributed by atoms with Crippen LogP contribution >= 0.6 is 0 Å². The highest BCUT2D eigenvalue weighted by atomic mass is 15.1. The largest absolute Gasteiger partial charge is 0.367 e. The Morgan fingerprint density at radius 1 is 1.12 bits per heavy atom. The number of fused-ring (bicyclic) bond motifs is 1.